The lowest BCUT2D eigenvalue weighted by Gasteiger charge is -2.37. The highest BCUT2D eigenvalue weighted by Gasteiger charge is 2.32. The van der Waals surface area contributed by atoms with Crippen molar-refractivity contribution < 1.29 is 9.59 Å². The molecule has 0 spiro atoms. The van der Waals surface area contributed by atoms with Crippen LogP contribution in [-0.2, 0) is 9.59 Å². The van der Waals surface area contributed by atoms with Crippen LogP contribution in [0.3, 0.4) is 0 Å². The number of benzene rings is 1. The molecule has 0 aliphatic carbocycles. The fraction of sp³-hybridized carbons (Fsp3) is 0.429. The zero-order valence-electron chi connectivity index (χ0n) is 10.2. The number of hydrogen-bond donors (Lipinski definition) is 0. The van der Waals surface area contributed by atoms with Crippen molar-refractivity contribution in [2.45, 2.75) is 38.6 Å². The molecule has 1 heterocycles. The third-order valence-corrected chi connectivity index (χ3v) is 3.37. The van der Waals surface area contributed by atoms with Crippen molar-refractivity contribution in [3.63, 3.8) is 0 Å². The quantitative estimate of drug-likeness (QED) is 0.733. The first-order valence-electron chi connectivity index (χ1n) is 6.05. The Morgan fingerprint density at radius 2 is 2.18 bits per heavy atom. The summed E-state index contributed by atoms with van der Waals surface area (Å²) >= 11 is 0. The van der Waals surface area contributed by atoms with E-state index in [2.05, 4.69) is 0 Å². The molecule has 0 bridgehead atoms. The minimum atomic E-state index is -0.0814. The summed E-state index contributed by atoms with van der Waals surface area (Å²) in [6.45, 7) is 3.86. The van der Waals surface area contributed by atoms with E-state index >= 15 is 0 Å². The molecule has 2 rings (SSSR count). The number of amides is 1. The van der Waals surface area contributed by atoms with E-state index in [4.69, 9.17) is 0 Å². The van der Waals surface area contributed by atoms with Crippen LogP contribution >= 0.6 is 0 Å². The summed E-state index contributed by atoms with van der Waals surface area (Å²) < 4.78 is 0. The van der Waals surface area contributed by atoms with Crippen LogP contribution in [0.15, 0.2) is 24.3 Å². The van der Waals surface area contributed by atoms with Crippen LogP contribution in [0.4, 0.5) is 5.69 Å². The first kappa shape index (κ1) is 11.8. The Hall–Kier alpha value is -1.64. The normalized spacial score (nSPS) is 23.1. The molecule has 90 valence electrons. The molecule has 1 aromatic carbocycles. The van der Waals surface area contributed by atoms with Crippen molar-refractivity contribution in [1.82, 2.24) is 0 Å². The average Bonchev–Trinajstić information content (AvgIpc) is 2.37. The Kier molecular flexibility index (Phi) is 3.27. The molecule has 17 heavy (non-hydrogen) atoms. The van der Waals surface area contributed by atoms with Gasteiger partial charge in [-0.2, -0.15) is 0 Å². The SMILES string of the molecule is CCC(=O)N1c2ccccc2C(C=O)CC1C. The van der Waals surface area contributed by atoms with E-state index in [0.29, 0.717) is 12.8 Å². The summed E-state index contributed by atoms with van der Waals surface area (Å²) in [6.07, 6.45) is 2.19. The summed E-state index contributed by atoms with van der Waals surface area (Å²) in [5.41, 5.74) is 1.87. The third kappa shape index (κ3) is 1.97. The molecule has 1 aliphatic heterocycles. The smallest absolute Gasteiger partial charge is 0.226 e. The van der Waals surface area contributed by atoms with Gasteiger partial charge in [0.2, 0.25) is 5.91 Å². The number of carbonyl (C=O) groups is 2. The van der Waals surface area contributed by atoms with Crippen molar-refractivity contribution in [2.75, 3.05) is 4.90 Å². The van der Waals surface area contributed by atoms with Crippen LogP contribution in [0.5, 0.6) is 0 Å². The molecule has 2 unspecified atom stereocenters. The average molecular weight is 231 g/mol. The summed E-state index contributed by atoms with van der Waals surface area (Å²) in [4.78, 5) is 24.9. The molecule has 1 aliphatic rings. The largest absolute Gasteiger partial charge is 0.309 e. The lowest BCUT2D eigenvalue weighted by atomic mass is 9.87. The second-order valence-corrected chi connectivity index (χ2v) is 4.50. The van der Waals surface area contributed by atoms with Crippen molar-refractivity contribution in [3.05, 3.63) is 29.8 Å². The molecular weight excluding hydrogens is 214 g/mol. The highest BCUT2D eigenvalue weighted by Crippen LogP contribution is 2.37. The Bertz CT molecular complexity index is 442. The van der Waals surface area contributed by atoms with Gasteiger partial charge >= 0.3 is 0 Å². The van der Waals surface area contributed by atoms with Crippen molar-refractivity contribution >= 4 is 17.9 Å². The van der Waals surface area contributed by atoms with Crippen LogP contribution in [-0.4, -0.2) is 18.2 Å². The van der Waals surface area contributed by atoms with Gasteiger partial charge in [0, 0.05) is 24.1 Å². The number of rotatable bonds is 2. The Labute approximate surface area is 101 Å². The maximum Gasteiger partial charge on any atom is 0.226 e. The molecule has 1 amide bonds. The van der Waals surface area contributed by atoms with Gasteiger partial charge in [0.25, 0.3) is 0 Å². The first-order valence-corrected chi connectivity index (χ1v) is 6.05. The Balaban J connectivity index is 2.49. The Morgan fingerprint density at radius 1 is 1.47 bits per heavy atom. The number of carbonyl (C=O) groups excluding carboxylic acids is 2. The number of anilines is 1. The van der Waals surface area contributed by atoms with E-state index < -0.39 is 0 Å². The third-order valence-electron chi connectivity index (χ3n) is 3.37. The molecule has 1 aromatic rings. The zero-order valence-corrected chi connectivity index (χ0v) is 10.2. The fourth-order valence-corrected chi connectivity index (χ4v) is 2.54. The minimum Gasteiger partial charge on any atom is -0.309 e. The molecule has 3 nitrogen and oxygen atoms in total. The van der Waals surface area contributed by atoms with Gasteiger partial charge in [0.15, 0.2) is 0 Å². The molecule has 0 saturated heterocycles. The van der Waals surface area contributed by atoms with Crippen molar-refractivity contribution in [3.8, 4) is 0 Å². The van der Waals surface area contributed by atoms with Gasteiger partial charge in [-0.1, -0.05) is 25.1 Å². The van der Waals surface area contributed by atoms with Crippen LogP contribution in [0.1, 0.15) is 38.2 Å². The molecule has 0 radical (unpaired) electrons. The summed E-state index contributed by atoms with van der Waals surface area (Å²) in [5, 5.41) is 0. The van der Waals surface area contributed by atoms with E-state index in [1.54, 1.807) is 0 Å². The van der Waals surface area contributed by atoms with Gasteiger partial charge in [0.05, 0.1) is 0 Å². The second-order valence-electron chi connectivity index (χ2n) is 4.50. The molecule has 2 atom stereocenters. The number of hydrogen-bond acceptors (Lipinski definition) is 2. The molecule has 3 heteroatoms. The molecule has 0 fully saturated rings. The van der Waals surface area contributed by atoms with E-state index in [9.17, 15) is 9.59 Å². The highest BCUT2D eigenvalue weighted by molar-refractivity contribution is 5.96. The monoisotopic (exact) mass is 231 g/mol. The molecule has 0 aromatic heterocycles. The summed E-state index contributed by atoms with van der Waals surface area (Å²) in [6, 6.07) is 7.78. The van der Waals surface area contributed by atoms with Crippen LogP contribution in [0.25, 0.3) is 0 Å². The Morgan fingerprint density at radius 3 is 2.82 bits per heavy atom. The lowest BCUT2D eigenvalue weighted by molar-refractivity contribution is -0.119. The van der Waals surface area contributed by atoms with Crippen LogP contribution in [0, 0.1) is 0 Å². The van der Waals surface area contributed by atoms with Gasteiger partial charge < -0.3 is 9.69 Å². The predicted molar refractivity (Wildman–Crippen MR) is 67.1 cm³/mol. The first-order chi connectivity index (χ1) is 8.19. The van der Waals surface area contributed by atoms with Crippen molar-refractivity contribution in [2.24, 2.45) is 0 Å². The zero-order chi connectivity index (χ0) is 12.4. The van der Waals surface area contributed by atoms with Gasteiger partial charge in [-0.15, -0.1) is 0 Å². The molecule has 0 N–H and O–H groups in total. The van der Waals surface area contributed by atoms with Gasteiger partial charge in [-0.25, -0.2) is 0 Å². The van der Waals surface area contributed by atoms with Crippen LogP contribution in [0.2, 0.25) is 0 Å². The van der Waals surface area contributed by atoms with E-state index in [1.165, 1.54) is 0 Å². The topological polar surface area (TPSA) is 37.4 Å². The van der Waals surface area contributed by atoms with E-state index in [1.807, 2.05) is 43.0 Å². The molecule has 0 saturated carbocycles. The van der Waals surface area contributed by atoms with Crippen LogP contribution < -0.4 is 4.90 Å². The second kappa shape index (κ2) is 4.70. The van der Waals surface area contributed by atoms with Crippen molar-refractivity contribution in [1.29, 1.82) is 0 Å². The minimum absolute atomic E-state index is 0.0814. The van der Waals surface area contributed by atoms with Gasteiger partial charge in [0.1, 0.15) is 6.29 Å². The predicted octanol–water partition coefficient (Wildman–Crippen LogP) is 2.50. The number of aldehydes is 1. The lowest BCUT2D eigenvalue weighted by Crippen LogP contribution is -2.43. The number of para-hydroxylation sites is 1. The maximum absolute atomic E-state index is 12.0. The standard InChI is InChI=1S/C14H17NO2/c1-3-14(17)15-10(2)8-11(9-16)12-6-4-5-7-13(12)15/h4-7,9-11H,3,8H2,1-2H3. The van der Waals surface area contributed by atoms with Gasteiger partial charge in [-0.05, 0) is 25.0 Å². The number of nitrogens with zero attached hydrogens (tertiary/aromatic N) is 1. The highest BCUT2D eigenvalue weighted by atomic mass is 16.2. The van der Waals surface area contributed by atoms with E-state index in [-0.39, 0.29) is 17.9 Å². The van der Waals surface area contributed by atoms with E-state index in [0.717, 1.165) is 17.5 Å². The fourth-order valence-electron chi connectivity index (χ4n) is 2.54. The van der Waals surface area contributed by atoms with Gasteiger partial charge in [-0.3, -0.25) is 4.79 Å². The maximum atomic E-state index is 12.0. The molecular formula is C14H17NO2. The summed E-state index contributed by atoms with van der Waals surface area (Å²) in [7, 11) is 0. The number of fused-ring (bicyclic) bond motifs is 1. The summed E-state index contributed by atoms with van der Waals surface area (Å²) in [5.74, 6) is 0.0383.